The molecule has 2 amide bonds. The maximum atomic E-state index is 13.3. The number of nitrogens with one attached hydrogen (secondary N) is 2. The van der Waals surface area contributed by atoms with Gasteiger partial charge in [0.05, 0.1) is 6.04 Å². The first kappa shape index (κ1) is 19.0. The number of aryl methyl sites for hydroxylation is 1. The summed E-state index contributed by atoms with van der Waals surface area (Å²) in [6.07, 6.45) is 0.617. The molecule has 29 heavy (non-hydrogen) atoms. The minimum Gasteiger partial charge on any atom is -0.491 e. The van der Waals surface area contributed by atoms with E-state index in [2.05, 4.69) is 47.9 Å². The number of ether oxygens (including phenoxy) is 1. The van der Waals surface area contributed by atoms with E-state index in [0.717, 1.165) is 22.3 Å². The molecule has 0 spiro atoms. The third kappa shape index (κ3) is 4.74. The van der Waals surface area contributed by atoms with Crippen LogP contribution in [-0.4, -0.2) is 18.7 Å². The number of benzene rings is 3. The van der Waals surface area contributed by atoms with Crippen molar-refractivity contribution in [1.82, 2.24) is 10.6 Å². The van der Waals surface area contributed by atoms with Crippen molar-refractivity contribution in [2.24, 2.45) is 0 Å². The van der Waals surface area contributed by atoms with Crippen LogP contribution in [0, 0.1) is 12.7 Å². The van der Waals surface area contributed by atoms with Crippen LogP contribution in [0.2, 0.25) is 0 Å². The van der Waals surface area contributed by atoms with Gasteiger partial charge >= 0.3 is 6.03 Å². The van der Waals surface area contributed by atoms with Crippen LogP contribution >= 0.6 is 0 Å². The Kier molecular flexibility index (Phi) is 5.47. The first-order chi connectivity index (χ1) is 14.1. The molecule has 4 rings (SSSR count). The number of carbonyl (C=O) groups is 1. The average molecular weight is 390 g/mol. The van der Waals surface area contributed by atoms with Crippen molar-refractivity contribution in [3.63, 3.8) is 0 Å². The van der Waals surface area contributed by atoms with Gasteiger partial charge in [-0.2, -0.15) is 0 Å². The lowest BCUT2D eigenvalue weighted by atomic mass is 10.0. The number of hydrogen-bond acceptors (Lipinski definition) is 2. The smallest absolute Gasteiger partial charge is 0.315 e. The highest BCUT2D eigenvalue weighted by Crippen LogP contribution is 2.25. The average Bonchev–Trinajstić information content (AvgIpc) is 2.73. The molecule has 3 aromatic rings. The molecular formula is C24H23FN2O2. The summed E-state index contributed by atoms with van der Waals surface area (Å²) < 4.78 is 18.8. The van der Waals surface area contributed by atoms with Gasteiger partial charge in [0, 0.05) is 12.6 Å². The quantitative estimate of drug-likeness (QED) is 0.684. The van der Waals surface area contributed by atoms with Crippen LogP contribution in [0.4, 0.5) is 9.18 Å². The highest BCUT2D eigenvalue weighted by Gasteiger charge is 2.21. The molecule has 3 aromatic carbocycles. The summed E-state index contributed by atoms with van der Waals surface area (Å²) in [7, 11) is 0. The molecule has 0 bridgehead atoms. The van der Waals surface area contributed by atoms with Crippen LogP contribution in [-0.2, 0) is 13.0 Å². The van der Waals surface area contributed by atoms with Gasteiger partial charge in [-0.05, 0) is 47.7 Å². The maximum absolute atomic E-state index is 13.3. The Hall–Kier alpha value is -3.34. The van der Waals surface area contributed by atoms with Crippen molar-refractivity contribution < 1.29 is 13.9 Å². The van der Waals surface area contributed by atoms with Gasteiger partial charge in [-0.1, -0.05) is 54.1 Å². The molecule has 0 aromatic heterocycles. The fraction of sp³-hybridized carbons (Fsp3) is 0.208. The van der Waals surface area contributed by atoms with Crippen molar-refractivity contribution in [3.8, 4) is 16.9 Å². The molecular weight excluding hydrogens is 367 g/mol. The number of rotatable bonds is 4. The fourth-order valence-corrected chi connectivity index (χ4v) is 3.54. The van der Waals surface area contributed by atoms with Gasteiger partial charge in [0.15, 0.2) is 0 Å². The van der Waals surface area contributed by atoms with Crippen LogP contribution in [0.5, 0.6) is 5.75 Å². The Morgan fingerprint density at radius 1 is 1.07 bits per heavy atom. The number of fused-ring (bicyclic) bond motifs is 1. The first-order valence-electron chi connectivity index (χ1n) is 9.68. The van der Waals surface area contributed by atoms with Crippen molar-refractivity contribution in [1.29, 1.82) is 0 Å². The Labute approximate surface area is 169 Å². The van der Waals surface area contributed by atoms with Crippen LogP contribution in [0.15, 0.2) is 66.7 Å². The number of hydrogen-bond donors (Lipinski definition) is 2. The molecule has 1 atom stereocenters. The number of halogens is 1. The van der Waals surface area contributed by atoms with E-state index in [1.165, 1.54) is 17.7 Å². The molecule has 5 heteroatoms. The monoisotopic (exact) mass is 390 g/mol. The zero-order chi connectivity index (χ0) is 20.2. The van der Waals surface area contributed by atoms with Crippen molar-refractivity contribution in [2.75, 3.05) is 6.61 Å². The van der Waals surface area contributed by atoms with Crippen molar-refractivity contribution in [3.05, 3.63) is 89.2 Å². The second-order valence-corrected chi connectivity index (χ2v) is 7.36. The summed E-state index contributed by atoms with van der Waals surface area (Å²) in [6.45, 7) is 2.83. The van der Waals surface area contributed by atoms with Crippen molar-refractivity contribution >= 4 is 6.03 Å². The summed E-state index contributed by atoms with van der Waals surface area (Å²) in [5.74, 6) is 0.234. The molecule has 0 fully saturated rings. The third-order valence-corrected chi connectivity index (χ3v) is 5.00. The van der Waals surface area contributed by atoms with Gasteiger partial charge in [-0.25, -0.2) is 9.18 Å². The van der Waals surface area contributed by atoms with Crippen LogP contribution in [0.25, 0.3) is 11.1 Å². The SMILES string of the molecule is Cc1cccc(-c2cccc(CNC(=O)NC3COc4cc(F)ccc4C3)c2)c1. The maximum Gasteiger partial charge on any atom is 0.315 e. The molecule has 0 aliphatic carbocycles. The van der Waals surface area contributed by atoms with Gasteiger partial charge in [-0.15, -0.1) is 0 Å². The van der Waals surface area contributed by atoms with Crippen LogP contribution in [0.1, 0.15) is 16.7 Å². The fourth-order valence-electron chi connectivity index (χ4n) is 3.54. The Morgan fingerprint density at radius 2 is 1.86 bits per heavy atom. The standard InChI is InChI=1S/C24H23FN2O2/c1-16-4-2-6-18(10-16)19-7-3-5-17(11-19)14-26-24(28)27-22-12-20-8-9-21(25)13-23(20)29-15-22/h2-11,13,22H,12,14-15H2,1H3,(H2,26,27,28). The lowest BCUT2D eigenvalue weighted by molar-refractivity contribution is 0.214. The lowest BCUT2D eigenvalue weighted by Gasteiger charge is -2.26. The summed E-state index contributed by atoms with van der Waals surface area (Å²) in [4.78, 5) is 12.3. The molecule has 1 aliphatic rings. The topological polar surface area (TPSA) is 50.4 Å². The van der Waals surface area contributed by atoms with Gasteiger partial charge in [0.25, 0.3) is 0 Å². The zero-order valence-electron chi connectivity index (χ0n) is 16.2. The van der Waals surface area contributed by atoms with Crippen molar-refractivity contribution in [2.45, 2.75) is 25.9 Å². The van der Waals surface area contributed by atoms with E-state index >= 15 is 0 Å². The third-order valence-electron chi connectivity index (χ3n) is 5.00. The Balaban J connectivity index is 1.33. The molecule has 4 nitrogen and oxygen atoms in total. The van der Waals surface area contributed by atoms with Gasteiger partial charge in [0.2, 0.25) is 0 Å². The van der Waals surface area contributed by atoms with E-state index in [1.54, 1.807) is 6.07 Å². The number of carbonyl (C=O) groups excluding carboxylic acids is 1. The molecule has 0 saturated carbocycles. The van der Waals surface area contributed by atoms with E-state index in [4.69, 9.17) is 4.74 Å². The first-order valence-corrected chi connectivity index (χ1v) is 9.68. The van der Waals surface area contributed by atoms with E-state index in [9.17, 15) is 9.18 Å². The minimum absolute atomic E-state index is 0.147. The zero-order valence-corrected chi connectivity index (χ0v) is 16.2. The van der Waals surface area contributed by atoms with Gasteiger partial charge in [-0.3, -0.25) is 0 Å². The molecule has 1 heterocycles. The van der Waals surface area contributed by atoms with Crippen LogP contribution in [0.3, 0.4) is 0 Å². The minimum atomic E-state index is -0.319. The summed E-state index contributed by atoms with van der Waals surface area (Å²) >= 11 is 0. The molecule has 148 valence electrons. The highest BCUT2D eigenvalue weighted by molar-refractivity contribution is 5.74. The molecule has 0 radical (unpaired) electrons. The van der Waals surface area contributed by atoms with Crippen LogP contribution < -0.4 is 15.4 Å². The Bertz CT molecular complexity index is 1030. The molecule has 2 N–H and O–H groups in total. The largest absolute Gasteiger partial charge is 0.491 e. The van der Waals surface area contributed by atoms with E-state index in [-0.39, 0.29) is 17.9 Å². The lowest BCUT2D eigenvalue weighted by Crippen LogP contribution is -2.47. The predicted octanol–water partition coefficient (Wildman–Crippen LogP) is 4.60. The predicted molar refractivity (Wildman–Crippen MR) is 111 cm³/mol. The number of urea groups is 1. The molecule has 1 aliphatic heterocycles. The number of amides is 2. The van der Waals surface area contributed by atoms with E-state index in [0.29, 0.717) is 25.3 Å². The van der Waals surface area contributed by atoms with Gasteiger partial charge in [0.1, 0.15) is 18.2 Å². The second kappa shape index (κ2) is 8.35. The molecule has 0 saturated heterocycles. The van der Waals surface area contributed by atoms with Gasteiger partial charge < -0.3 is 15.4 Å². The van der Waals surface area contributed by atoms with E-state index < -0.39 is 0 Å². The summed E-state index contributed by atoms with van der Waals surface area (Å²) in [5.41, 5.74) is 5.42. The normalized spacial score (nSPS) is 15.2. The molecule has 1 unspecified atom stereocenters. The summed E-state index contributed by atoms with van der Waals surface area (Å²) in [6, 6.07) is 20.6. The second-order valence-electron chi connectivity index (χ2n) is 7.36. The summed E-state index contributed by atoms with van der Waals surface area (Å²) in [5, 5.41) is 5.83. The van der Waals surface area contributed by atoms with E-state index in [1.807, 2.05) is 18.2 Å². The Morgan fingerprint density at radius 3 is 2.69 bits per heavy atom. The highest BCUT2D eigenvalue weighted by atomic mass is 19.1.